The second-order valence-corrected chi connectivity index (χ2v) is 5.78. The third-order valence-corrected chi connectivity index (χ3v) is 3.91. The van der Waals surface area contributed by atoms with Crippen molar-refractivity contribution in [1.29, 1.82) is 0 Å². The number of rotatable bonds is 8. The van der Waals surface area contributed by atoms with E-state index in [9.17, 15) is 4.79 Å². The Labute approximate surface area is 127 Å². The fourth-order valence-electron chi connectivity index (χ4n) is 2.75. The van der Waals surface area contributed by atoms with Crippen molar-refractivity contribution in [3.05, 3.63) is 17.5 Å². The van der Waals surface area contributed by atoms with Crippen LogP contribution in [0.5, 0.6) is 0 Å². The first-order chi connectivity index (χ1) is 10.2. The predicted molar refractivity (Wildman–Crippen MR) is 82.4 cm³/mol. The third kappa shape index (κ3) is 4.84. The van der Waals surface area contributed by atoms with Crippen LogP contribution in [0.3, 0.4) is 0 Å². The van der Waals surface area contributed by atoms with Gasteiger partial charge in [0.1, 0.15) is 0 Å². The molecule has 0 unspecified atom stereocenters. The van der Waals surface area contributed by atoms with Gasteiger partial charge in [0.05, 0.1) is 17.4 Å². The van der Waals surface area contributed by atoms with Gasteiger partial charge in [0, 0.05) is 25.9 Å². The van der Waals surface area contributed by atoms with Gasteiger partial charge in [-0.2, -0.15) is 5.10 Å². The number of nitrogens with zero attached hydrogens (tertiary/aromatic N) is 2. The second-order valence-electron chi connectivity index (χ2n) is 5.78. The molecule has 21 heavy (non-hydrogen) atoms. The van der Waals surface area contributed by atoms with Crippen LogP contribution in [0.15, 0.2) is 6.20 Å². The maximum Gasteiger partial charge on any atom is 0.254 e. The number of hydrogen-bond donors (Lipinski definition) is 1. The van der Waals surface area contributed by atoms with E-state index in [0.29, 0.717) is 11.7 Å². The van der Waals surface area contributed by atoms with E-state index in [1.165, 1.54) is 12.8 Å². The summed E-state index contributed by atoms with van der Waals surface area (Å²) in [6.45, 7) is 6.49. The van der Waals surface area contributed by atoms with Gasteiger partial charge in [0.2, 0.25) is 0 Å². The minimum absolute atomic E-state index is 0.00744. The number of ether oxygens (including phenoxy) is 1. The molecule has 0 radical (unpaired) electrons. The van der Waals surface area contributed by atoms with Crippen LogP contribution < -0.4 is 5.32 Å². The molecule has 2 heterocycles. The summed E-state index contributed by atoms with van der Waals surface area (Å²) in [5.74, 6) is -0.00744. The van der Waals surface area contributed by atoms with Crippen molar-refractivity contribution in [2.75, 3.05) is 13.2 Å². The van der Waals surface area contributed by atoms with Gasteiger partial charge in [-0.15, -0.1) is 0 Å². The Kier molecular flexibility index (Phi) is 6.23. The van der Waals surface area contributed by atoms with Crippen LogP contribution in [0.1, 0.15) is 61.5 Å². The van der Waals surface area contributed by atoms with Gasteiger partial charge in [-0.25, -0.2) is 0 Å². The first-order valence-electron chi connectivity index (χ1n) is 8.14. The highest BCUT2D eigenvalue weighted by atomic mass is 16.5. The van der Waals surface area contributed by atoms with Crippen LogP contribution >= 0.6 is 0 Å². The molecule has 1 aliphatic rings. The van der Waals surface area contributed by atoms with Crippen molar-refractivity contribution in [2.24, 2.45) is 0 Å². The first-order valence-corrected chi connectivity index (χ1v) is 8.14. The van der Waals surface area contributed by atoms with Gasteiger partial charge in [-0.05, 0) is 45.4 Å². The Morgan fingerprint density at radius 3 is 3.10 bits per heavy atom. The standard InChI is InChI=1S/C16H27N3O2/c1-3-10-19-12-15(13(2)18-19)16(20)17-9-5-4-7-14-8-6-11-21-14/h12,14H,3-11H2,1-2H3,(H,17,20)/t14-/m1/s1. The molecule has 1 amide bonds. The molecular weight excluding hydrogens is 266 g/mol. The van der Waals surface area contributed by atoms with E-state index in [1.54, 1.807) is 0 Å². The number of carbonyl (C=O) groups is 1. The van der Waals surface area contributed by atoms with Crippen LogP contribution in [0.4, 0.5) is 0 Å². The Hall–Kier alpha value is -1.36. The number of amides is 1. The fraction of sp³-hybridized carbons (Fsp3) is 0.750. The van der Waals surface area contributed by atoms with Gasteiger partial charge < -0.3 is 10.1 Å². The van der Waals surface area contributed by atoms with Crippen LogP contribution in [0.2, 0.25) is 0 Å². The third-order valence-electron chi connectivity index (χ3n) is 3.91. The van der Waals surface area contributed by atoms with Crippen LogP contribution in [0, 0.1) is 6.92 Å². The molecule has 5 nitrogen and oxygen atoms in total. The molecule has 118 valence electrons. The minimum Gasteiger partial charge on any atom is -0.378 e. The minimum atomic E-state index is -0.00744. The number of carbonyl (C=O) groups excluding carboxylic acids is 1. The van der Waals surface area contributed by atoms with Gasteiger partial charge in [-0.1, -0.05) is 6.92 Å². The average molecular weight is 293 g/mol. The smallest absolute Gasteiger partial charge is 0.254 e. The molecule has 2 rings (SSSR count). The van der Waals surface area contributed by atoms with Gasteiger partial charge in [-0.3, -0.25) is 9.48 Å². The highest BCUT2D eigenvalue weighted by Crippen LogP contribution is 2.17. The molecule has 1 aromatic heterocycles. The normalized spacial score (nSPS) is 18.1. The van der Waals surface area contributed by atoms with E-state index in [-0.39, 0.29) is 5.91 Å². The average Bonchev–Trinajstić information content (AvgIpc) is 3.08. The van der Waals surface area contributed by atoms with Crippen molar-refractivity contribution in [3.8, 4) is 0 Å². The molecule has 1 saturated heterocycles. The SMILES string of the molecule is CCCn1cc(C(=O)NCCCC[C@@H]2CCCO2)c(C)n1. The second kappa shape index (κ2) is 8.17. The lowest BCUT2D eigenvalue weighted by molar-refractivity contribution is 0.0946. The molecule has 0 bridgehead atoms. The van der Waals surface area contributed by atoms with E-state index in [1.807, 2.05) is 17.8 Å². The Bertz CT molecular complexity index is 450. The Morgan fingerprint density at radius 1 is 1.52 bits per heavy atom. The van der Waals surface area contributed by atoms with Crippen molar-refractivity contribution in [3.63, 3.8) is 0 Å². The lowest BCUT2D eigenvalue weighted by Gasteiger charge is -2.09. The molecular formula is C16H27N3O2. The number of nitrogens with one attached hydrogen (secondary N) is 1. The fourth-order valence-corrected chi connectivity index (χ4v) is 2.75. The predicted octanol–water partition coefficient (Wildman–Crippen LogP) is 2.68. The van der Waals surface area contributed by atoms with Gasteiger partial charge >= 0.3 is 0 Å². The monoisotopic (exact) mass is 293 g/mol. The molecule has 0 aromatic carbocycles. The summed E-state index contributed by atoms with van der Waals surface area (Å²) in [6, 6.07) is 0. The molecule has 1 aliphatic heterocycles. The van der Waals surface area contributed by atoms with Crippen molar-refractivity contribution >= 4 is 5.91 Å². The molecule has 0 aliphatic carbocycles. The molecule has 0 spiro atoms. The van der Waals surface area contributed by atoms with Crippen molar-refractivity contribution in [1.82, 2.24) is 15.1 Å². The summed E-state index contributed by atoms with van der Waals surface area (Å²) in [7, 11) is 0. The number of aromatic nitrogens is 2. The summed E-state index contributed by atoms with van der Waals surface area (Å²) in [5.41, 5.74) is 1.50. The van der Waals surface area contributed by atoms with E-state index in [4.69, 9.17) is 4.74 Å². The highest BCUT2D eigenvalue weighted by Gasteiger charge is 2.15. The Morgan fingerprint density at radius 2 is 2.38 bits per heavy atom. The topological polar surface area (TPSA) is 56.2 Å². The number of hydrogen-bond acceptors (Lipinski definition) is 3. The van der Waals surface area contributed by atoms with E-state index >= 15 is 0 Å². The summed E-state index contributed by atoms with van der Waals surface area (Å²) >= 11 is 0. The summed E-state index contributed by atoms with van der Waals surface area (Å²) in [5, 5.41) is 7.34. The molecule has 1 N–H and O–H groups in total. The summed E-state index contributed by atoms with van der Waals surface area (Å²) in [6.07, 6.45) is 8.95. The molecule has 1 atom stereocenters. The zero-order valence-electron chi connectivity index (χ0n) is 13.2. The number of unbranched alkanes of at least 4 members (excludes halogenated alkanes) is 1. The molecule has 0 saturated carbocycles. The maximum absolute atomic E-state index is 12.1. The van der Waals surface area contributed by atoms with Crippen LogP contribution in [-0.2, 0) is 11.3 Å². The zero-order chi connectivity index (χ0) is 15.1. The highest BCUT2D eigenvalue weighted by molar-refractivity contribution is 5.94. The number of aryl methyl sites for hydroxylation is 2. The largest absolute Gasteiger partial charge is 0.378 e. The lowest BCUT2D eigenvalue weighted by atomic mass is 10.1. The van der Waals surface area contributed by atoms with Crippen LogP contribution in [-0.4, -0.2) is 34.9 Å². The molecule has 5 heteroatoms. The molecule has 1 aromatic rings. The van der Waals surface area contributed by atoms with Gasteiger partial charge in [0.25, 0.3) is 5.91 Å². The first kappa shape index (κ1) is 16.0. The Balaban J connectivity index is 1.66. The quantitative estimate of drug-likeness (QED) is 0.750. The van der Waals surface area contributed by atoms with Crippen LogP contribution in [0.25, 0.3) is 0 Å². The van der Waals surface area contributed by atoms with Crippen molar-refractivity contribution < 1.29 is 9.53 Å². The summed E-state index contributed by atoms with van der Waals surface area (Å²) < 4.78 is 7.44. The zero-order valence-corrected chi connectivity index (χ0v) is 13.2. The lowest BCUT2D eigenvalue weighted by Crippen LogP contribution is -2.25. The summed E-state index contributed by atoms with van der Waals surface area (Å²) in [4.78, 5) is 12.1. The maximum atomic E-state index is 12.1. The van der Waals surface area contributed by atoms with Crippen molar-refractivity contribution in [2.45, 2.75) is 65.0 Å². The van der Waals surface area contributed by atoms with Gasteiger partial charge in [0.15, 0.2) is 0 Å². The molecule has 1 fully saturated rings. The van der Waals surface area contributed by atoms with E-state index in [0.717, 1.165) is 51.1 Å². The van der Waals surface area contributed by atoms with E-state index in [2.05, 4.69) is 17.3 Å². The van der Waals surface area contributed by atoms with E-state index < -0.39 is 0 Å².